The third-order valence-electron chi connectivity index (χ3n) is 3.69. The number of amides is 1. The van der Waals surface area contributed by atoms with Gasteiger partial charge in [0.15, 0.2) is 0 Å². The van der Waals surface area contributed by atoms with E-state index in [4.69, 9.17) is 0 Å². The van der Waals surface area contributed by atoms with Crippen LogP contribution in [0.3, 0.4) is 0 Å². The molecule has 0 saturated carbocycles. The van der Waals surface area contributed by atoms with Crippen molar-refractivity contribution >= 4 is 38.8 Å². The van der Waals surface area contributed by atoms with Crippen LogP contribution in [-0.2, 0) is 7.05 Å². The van der Waals surface area contributed by atoms with Crippen molar-refractivity contribution in [1.29, 1.82) is 0 Å². The highest BCUT2D eigenvalue weighted by molar-refractivity contribution is 7.20. The van der Waals surface area contributed by atoms with Crippen molar-refractivity contribution in [3.05, 3.63) is 39.0 Å². The van der Waals surface area contributed by atoms with Gasteiger partial charge in [0.25, 0.3) is 5.91 Å². The van der Waals surface area contributed by atoms with Gasteiger partial charge >= 0.3 is 0 Å². The second-order valence-electron chi connectivity index (χ2n) is 5.78. The van der Waals surface area contributed by atoms with Crippen molar-refractivity contribution in [1.82, 2.24) is 15.1 Å². The third-order valence-corrected chi connectivity index (χ3v) is 5.60. The maximum Gasteiger partial charge on any atom is 0.261 e. The normalized spacial score (nSPS) is 12.9. The molecule has 3 rings (SSSR count). The van der Waals surface area contributed by atoms with E-state index >= 15 is 0 Å². The maximum atomic E-state index is 12.3. The number of hydrogen-bond acceptors (Lipinski definition) is 5. The van der Waals surface area contributed by atoms with Gasteiger partial charge in [-0.15, -0.1) is 11.3 Å². The molecule has 1 unspecified atom stereocenters. The summed E-state index contributed by atoms with van der Waals surface area (Å²) in [4.78, 5) is 14.0. The highest BCUT2D eigenvalue weighted by Gasteiger charge is 2.19. The molecule has 7 heteroatoms. The highest BCUT2D eigenvalue weighted by atomic mass is 32.1. The molecule has 0 aromatic carbocycles. The summed E-state index contributed by atoms with van der Waals surface area (Å²) in [5, 5.41) is 22.2. The lowest BCUT2D eigenvalue weighted by atomic mass is 10.1. The van der Waals surface area contributed by atoms with Crippen LogP contribution in [-0.4, -0.2) is 27.3 Å². The number of thiophene rings is 2. The van der Waals surface area contributed by atoms with Crippen LogP contribution in [0.25, 0.3) is 10.2 Å². The minimum atomic E-state index is -0.674. The number of nitrogens with zero attached hydrogens (tertiary/aromatic N) is 2. The summed E-state index contributed by atoms with van der Waals surface area (Å²) in [5.74, 6) is 0.153. The molecular formula is C16H19N3O2S2. The van der Waals surface area contributed by atoms with Crippen LogP contribution in [0, 0.1) is 0 Å². The van der Waals surface area contributed by atoms with Crippen LogP contribution in [0.15, 0.2) is 22.9 Å². The van der Waals surface area contributed by atoms with Gasteiger partial charge in [-0.2, -0.15) is 16.4 Å². The first-order valence-electron chi connectivity index (χ1n) is 7.42. The molecule has 0 aliphatic rings. The van der Waals surface area contributed by atoms with Crippen LogP contribution in [0.5, 0.6) is 0 Å². The van der Waals surface area contributed by atoms with Crippen molar-refractivity contribution in [3.8, 4) is 0 Å². The number of aliphatic hydroxyl groups is 1. The van der Waals surface area contributed by atoms with Crippen LogP contribution in [0.2, 0.25) is 0 Å². The van der Waals surface area contributed by atoms with Crippen molar-refractivity contribution < 1.29 is 9.90 Å². The van der Waals surface area contributed by atoms with E-state index in [9.17, 15) is 9.90 Å². The molecular weight excluding hydrogens is 330 g/mol. The average Bonchev–Trinajstić information content (AvgIpc) is 3.22. The first-order chi connectivity index (χ1) is 11.0. The molecule has 0 fully saturated rings. The molecule has 0 aliphatic heterocycles. The van der Waals surface area contributed by atoms with E-state index in [0.29, 0.717) is 10.8 Å². The third kappa shape index (κ3) is 3.17. The molecule has 3 aromatic rings. The Morgan fingerprint density at radius 3 is 2.91 bits per heavy atom. The topological polar surface area (TPSA) is 67.2 Å². The van der Waals surface area contributed by atoms with Crippen LogP contribution in [0.1, 0.15) is 46.8 Å². The zero-order valence-electron chi connectivity index (χ0n) is 13.2. The zero-order chi connectivity index (χ0) is 16.6. The quantitative estimate of drug-likeness (QED) is 0.743. The molecule has 0 radical (unpaired) electrons. The standard InChI is InChI=1S/C16H19N3O2S2/c1-9(2)14-11-6-13(23-16(11)19(3)18-14)15(21)17-7-12(20)10-4-5-22-8-10/h4-6,8-9,12,20H,7H2,1-3H3,(H,17,21). The Hall–Kier alpha value is -1.70. The number of nitrogens with one attached hydrogen (secondary N) is 1. The summed E-state index contributed by atoms with van der Waals surface area (Å²) < 4.78 is 1.83. The van der Waals surface area contributed by atoms with Crippen LogP contribution in [0.4, 0.5) is 0 Å². The Morgan fingerprint density at radius 2 is 2.26 bits per heavy atom. The van der Waals surface area contributed by atoms with Gasteiger partial charge in [0.1, 0.15) is 4.83 Å². The van der Waals surface area contributed by atoms with E-state index < -0.39 is 6.10 Å². The van der Waals surface area contributed by atoms with E-state index in [-0.39, 0.29) is 12.5 Å². The molecule has 5 nitrogen and oxygen atoms in total. The Morgan fingerprint density at radius 1 is 1.48 bits per heavy atom. The van der Waals surface area contributed by atoms with Gasteiger partial charge in [-0.3, -0.25) is 9.48 Å². The lowest BCUT2D eigenvalue weighted by Crippen LogP contribution is -2.27. The van der Waals surface area contributed by atoms with Gasteiger partial charge in [0.2, 0.25) is 0 Å². The number of carbonyl (C=O) groups excluding carboxylic acids is 1. The second-order valence-corrected chi connectivity index (χ2v) is 7.59. The van der Waals surface area contributed by atoms with Gasteiger partial charge in [0.05, 0.1) is 16.7 Å². The average molecular weight is 349 g/mol. The Bertz CT molecular complexity index is 818. The molecule has 0 bridgehead atoms. The lowest BCUT2D eigenvalue weighted by molar-refractivity contribution is 0.0920. The monoisotopic (exact) mass is 349 g/mol. The van der Waals surface area contributed by atoms with E-state index in [0.717, 1.165) is 21.5 Å². The molecule has 23 heavy (non-hydrogen) atoms. The van der Waals surface area contributed by atoms with Gasteiger partial charge in [-0.1, -0.05) is 13.8 Å². The second kappa shape index (κ2) is 6.43. The van der Waals surface area contributed by atoms with E-state index in [1.165, 1.54) is 22.7 Å². The molecule has 3 aromatic heterocycles. The molecule has 122 valence electrons. The number of aromatic nitrogens is 2. The number of aliphatic hydroxyl groups excluding tert-OH is 1. The fourth-order valence-electron chi connectivity index (χ4n) is 2.46. The van der Waals surface area contributed by atoms with E-state index in [1.54, 1.807) is 0 Å². The highest BCUT2D eigenvalue weighted by Crippen LogP contribution is 2.31. The van der Waals surface area contributed by atoms with Gasteiger partial charge in [-0.25, -0.2) is 0 Å². The van der Waals surface area contributed by atoms with Gasteiger partial charge < -0.3 is 10.4 Å². The summed E-state index contributed by atoms with van der Waals surface area (Å²) >= 11 is 2.96. The Balaban J connectivity index is 1.75. The largest absolute Gasteiger partial charge is 0.387 e. The maximum absolute atomic E-state index is 12.3. The SMILES string of the molecule is CC(C)c1nn(C)c2sc(C(=O)NCC(O)c3ccsc3)cc12. The summed E-state index contributed by atoms with van der Waals surface area (Å²) in [6.45, 7) is 4.39. The fraction of sp³-hybridized carbons (Fsp3) is 0.375. The molecule has 1 amide bonds. The number of rotatable bonds is 5. The lowest BCUT2D eigenvalue weighted by Gasteiger charge is -2.09. The number of aryl methyl sites for hydroxylation is 1. The van der Waals surface area contributed by atoms with Gasteiger partial charge in [0, 0.05) is 19.0 Å². The molecule has 3 heterocycles. The van der Waals surface area contributed by atoms with Crippen molar-refractivity contribution in [2.75, 3.05) is 6.54 Å². The van der Waals surface area contributed by atoms with E-state index in [1.807, 2.05) is 34.6 Å². The van der Waals surface area contributed by atoms with Crippen molar-refractivity contribution in [2.45, 2.75) is 25.9 Å². The fourth-order valence-corrected chi connectivity index (χ4v) is 4.17. The predicted molar refractivity (Wildman–Crippen MR) is 94.3 cm³/mol. The first-order valence-corrected chi connectivity index (χ1v) is 9.18. The Labute approximate surface area is 142 Å². The smallest absolute Gasteiger partial charge is 0.261 e. The molecule has 0 aliphatic carbocycles. The Kier molecular flexibility index (Phi) is 4.52. The van der Waals surface area contributed by atoms with E-state index in [2.05, 4.69) is 24.3 Å². The van der Waals surface area contributed by atoms with Crippen molar-refractivity contribution in [3.63, 3.8) is 0 Å². The molecule has 2 N–H and O–H groups in total. The molecule has 0 spiro atoms. The minimum absolute atomic E-state index is 0.157. The minimum Gasteiger partial charge on any atom is -0.387 e. The molecule has 0 saturated heterocycles. The summed E-state index contributed by atoms with van der Waals surface area (Å²) in [6, 6.07) is 3.76. The number of hydrogen-bond donors (Lipinski definition) is 2. The summed E-state index contributed by atoms with van der Waals surface area (Å²) in [5.41, 5.74) is 1.84. The van der Waals surface area contributed by atoms with Crippen LogP contribution < -0.4 is 5.32 Å². The summed E-state index contributed by atoms with van der Waals surface area (Å²) in [6.07, 6.45) is -0.674. The number of carbonyl (C=O) groups is 1. The zero-order valence-corrected chi connectivity index (χ0v) is 14.9. The first kappa shape index (κ1) is 16.2. The number of fused-ring (bicyclic) bond motifs is 1. The van der Waals surface area contributed by atoms with Gasteiger partial charge in [-0.05, 0) is 34.4 Å². The summed E-state index contributed by atoms with van der Waals surface area (Å²) in [7, 11) is 1.90. The molecule has 1 atom stereocenters. The predicted octanol–water partition coefficient (Wildman–Crippen LogP) is 3.28. The van der Waals surface area contributed by atoms with Crippen LogP contribution >= 0.6 is 22.7 Å². The van der Waals surface area contributed by atoms with Crippen molar-refractivity contribution in [2.24, 2.45) is 7.05 Å².